The average Bonchev–Trinajstić information content (AvgIpc) is 3.10. The normalized spacial score (nSPS) is 14.4. The van der Waals surface area contributed by atoms with Crippen LogP contribution < -0.4 is 5.32 Å². The maximum Gasteiger partial charge on any atom is 0.424 e. The van der Waals surface area contributed by atoms with Crippen molar-refractivity contribution in [1.29, 1.82) is 0 Å². The molecule has 6 nitrogen and oxygen atoms in total. The molecule has 2 aromatic heterocycles. The molecule has 0 fully saturated rings. The van der Waals surface area contributed by atoms with Crippen LogP contribution in [-0.4, -0.2) is 27.2 Å². The van der Waals surface area contributed by atoms with Crippen molar-refractivity contribution >= 4 is 34.0 Å². The summed E-state index contributed by atoms with van der Waals surface area (Å²) >= 11 is 0.653. The number of aliphatic hydroxyl groups is 1. The Morgan fingerprint density at radius 1 is 1.31 bits per heavy atom. The van der Waals surface area contributed by atoms with Crippen LogP contribution in [0.4, 0.5) is 18.9 Å². The van der Waals surface area contributed by atoms with Crippen LogP contribution in [0.5, 0.6) is 0 Å². The van der Waals surface area contributed by atoms with Crippen LogP contribution in [0.2, 0.25) is 0 Å². The molecule has 10 heteroatoms. The van der Waals surface area contributed by atoms with E-state index in [0.29, 0.717) is 34.0 Å². The van der Waals surface area contributed by atoms with E-state index in [-0.39, 0.29) is 5.69 Å². The van der Waals surface area contributed by atoms with Gasteiger partial charge in [0.25, 0.3) is 0 Å². The number of halogens is 3. The molecule has 3 rings (SSSR count). The fraction of sp³-hybridized carbons (Fsp3) is 0.312. The second-order valence-electron chi connectivity index (χ2n) is 5.79. The molecule has 2 heterocycles. The van der Waals surface area contributed by atoms with E-state index in [0.717, 1.165) is 0 Å². The molecule has 1 atom stereocenters. The number of thiazole rings is 1. The number of benzene rings is 1. The summed E-state index contributed by atoms with van der Waals surface area (Å²) in [5, 5.41) is 13.3. The monoisotopic (exact) mass is 385 g/mol. The van der Waals surface area contributed by atoms with Gasteiger partial charge in [-0.05, 0) is 25.1 Å². The minimum atomic E-state index is -5.05. The van der Waals surface area contributed by atoms with Crippen molar-refractivity contribution in [2.24, 2.45) is 0 Å². The molecule has 1 amide bonds. The lowest BCUT2D eigenvalue weighted by molar-refractivity contribution is -0.266. The highest BCUT2D eigenvalue weighted by Gasteiger charge is 2.58. The van der Waals surface area contributed by atoms with Crippen LogP contribution in [0.3, 0.4) is 0 Å². The van der Waals surface area contributed by atoms with Gasteiger partial charge in [-0.1, -0.05) is 0 Å². The molecule has 0 aliphatic heterocycles. The van der Waals surface area contributed by atoms with E-state index >= 15 is 0 Å². The zero-order valence-electron chi connectivity index (χ0n) is 13.7. The number of oxazole rings is 1. The lowest BCUT2D eigenvalue weighted by atomic mass is 9.99. The van der Waals surface area contributed by atoms with Gasteiger partial charge in [-0.3, -0.25) is 4.79 Å². The molecule has 0 saturated carbocycles. The lowest BCUT2D eigenvalue weighted by Gasteiger charge is -2.27. The number of aryl methyl sites for hydroxylation is 2. The first-order valence-corrected chi connectivity index (χ1v) is 8.35. The molecule has 1 aromatic carbocycles. The Kier molecular flexibility index (Phi) is 4.49. The first kappa shape index (κ1) is 18.3. The van der Waals surface area contributed by atoms with Gasteiger partial charge in [0.1, 0.15) is 10.5 Å². The number of nitrogens with zero attached hydrogens (tertiary/aromatic N) is 2. The fourth-order valence-corrected chi connectivity index (χ4v) is 3.31. The Bertz CT molecular complexity index is 966. The van der Waals surface area contributed by atoms with Gasteiger partial charge in [-0.25, -0.2) is 9.97 Å². The number of aromatic nitrogens is 2. The number of nitrogens with one attached hydrogen (secondary N) is 1. The first-order valence-electron chi connectivity index (χ1n) is 7.47. The largest absolute Gasteiger partial charge is 0.441 e. The first-order chi connectivity index (χ1) is 12.1. The minimum absolute atomic E-state index is 0.246. The summed E-state index contributed by atoms with van der Waals surface area (Å²) in [6.45, 7) is 3.16. The molecule has 0 aliphatic carbocycles. The second kappa shape index (κ2) is 6.36. The summed E-state index contributed by atoms with van der Waals surface area (Å²) in [6, 6.07) is 4.50. The van der Waals surface area contributed by atoms with Gasteiger partial charge in [-0.2, -0.15) is 13.2 Å². The van der Waals surface area contributed by atoms with Crippen LogP contribution in [0.15, 0.2) is 28.0 Å². The van der Waals surface area contributed by atoms with Crippen molar-refractivity contribution in [1.82, 2.24) is 9.97 Å². The van der Waals surface area contributed by atoms with Gasteiger partial charge in [0.2, 0.25) is 11.5 Å². The number of hydrogen-bond acceptors (Lipinski definition) is 6. The quantitative estimate of drug-likeness (QED) is 0.715. The molecule has 0 radical (unpaired) electrons. The average molecular weight is 385 g/mol. The van der Waals surface area contributed by atoms with Gasteiger partial charge in [0.15, 0.2) is 11.5 Å². The zero-order valence-corrected chi connectivity index (χ0v) is 14.5. The van der Waals surface area contributed by atoms with Gasteiger partial charge >= 0.3 is 6.18 Å². The topological polar surface area (TPSA) is 88.2 Å². The molecule has 0 bridgehead atoms. The predicted octanol–water partition coefficient (Wildman–Crippen LogP) is 3.68. The van der Waals surface area contributed by atoms with E-state index in [1.807, 2.05) is 0 Å². The molecule has 0 spiro atoms. The summed E-state index contributed by atoms with van der Waals surface area (Å²) in [5.41, 5.74) is -1.83. The third-order valence-electron chi connectivity index (χ3n) is 3.64. The van der Waals surface area contributed by atoms with Crippen molar-refractivity contribution in [2.75, 3.05) is 5.32 Å². The SMILES string of the molecule is Cc1csc(C(O)(CC(=O)Nc2ccc3oc(C)nc3c2)C(F)(F)F)n1. The lowest BCUT2D eigenvalue weighted by Crippen LogP contribution is -2.45. The Labute approximate surface area is 149 Å². The standard InChI is InChI=1S/C16H14F3N3O3S/c1-8-7-26-14(20-8)15(24,16(17,18)19)6-13(23)22-10-3-4-12-11(5-10)21-9(2)25-12/h3-5,7,24H,6H2,1-2H3,(H,22,23). The molecule has 0 saturated heterocycles. The number of amides is 1. The summed E-state index contributed by atoms with van der Waals surface area (Å²) in [5.74, 6) is -0.577. The number of hydrogen-bond donors (Lipinski definition) is 2. The van der Waals surface area contributed by atoms with Crippen molar-refractivity contribution in [3.05, 3.63) is 40.2 Å². The van der Waals surface area contributed by atoms with Crippen molar-refractivity contribution < 1.29 is 27.5 Å². The Hall–Kier alpha value is -2.46. The Morgan fingerprint density at radius 2 is 2.04 bits per heavy atom. The van der Waals surface area contributed by atoms with Crippen LogP contribution in [-0.2, 0) is 10.4 Å². The molecular formula is C16H14F3N3O3S. The van der Waals surface area contributed by atoms with Crippen molar-refractivity contribution in [3.8, 4) is 0 Å². The maximum absolute atomic E-state index is 13.4. The highest BCUT2D eigenvalue weighted by molar-refractivity contribution is 7.09. The van der Waals surface area contributed by atoms with Crippen molar-refractivity contribution in [2.45, 2.75) is 32.0 Å². The van der Waals surface area contributed by atoms with E-state index in [2.05, 4.69) is 15.3 Å². The summed E-state index contributed by atoms with van der Waals surface area (Å²) in [4.78, 5) is 19.9. The number of anilines is 1. The van der Waals surface area contributed by atoms with E-state index in [1.165, 1.54) is 24.4 Å². The van der Waals surface area contributed by atoms with Crippen LogP contribution >= 0.6 is 11.3 Å². The molecule has 2 N–H and O–H groups in total. The van der Waals surface area contributed by atoms with Gasteiger partial charge in [0, 0.05) is 23.7 Å². The van der Waals surface area contributed by atoms with Gasteiger partial charge in [0.05, 0.1) is 6.42 Å². The minimum Gasteiger partial charge on any atom is -0.441 e. The molecular weight excluding hydrogens is 371 g/mol. The molecule has 1 unspecified atom stereocenters. The Balaban J connectivity index is 1.83. The number of carbonyl (C=O) groups excluding carboxylic acids is 1. The van der Waals surface area contributed by atoms with Gasteiger partial charge in [-0.15, -0.1) is 11.3 Å². The third kappa shape index (κ3) is 3.42. The molecule has 0 aliphatic rings. The fourth-order valence-electron chi connectivity index (χ4n) is 2.40. The van der Waals surface area contributed by atoms with Crippen LogP contribution in [0.1, 0.15) is 23.0 Å². The summed E-state index contributed by atoms with van der Waals surface area (Å²) in [6.07, 6.45) is -6.26. The molecule has 3 aromatic rings. The van der Waals surface area contributed by atoms with Crippen molar-refractivity contribution in [3.63, 3.8) is 0 Å². The number of alkyl halides is 3. The van der Waals surface area contributed by atoms with Gasteiger partial charge < -0.3 is 14.8 Å². The van der Waals surface area contributed by atoms with E-state index in [4.69, 9.17) is 4.42 Å². The number of fused-ring (bicyclic) bond motifs is 1. The van der Waals surface area contributed by atoms with Crippen LogP contribution in [0, 0.1) is 13.8 Å². The second-order valence-corrected chi connectivity index (χ2v) is 6.65. The molecule has 26 heavy (non-hydrogen) atoms. The highest BCUT2D eigenvalue weighted by atomic mass is 32.1. The highest BCUT2D eigenvalue weighted by Crippen LogP contribution is 2.43. The third-order valence-corrected chi connectivity index (χ3v) is 4.75. The van der Waals surface area contributed by atoms with Crippen LogP contribution in [0.25, 0.3) is 11.1 Å². The maximum atomic E-state index is 13.4. The number of rotatable bonds is 4. The Morgan fingerprint density at radius 3 is 2.65 bits per heavy atom. The zero-order chi connectivity index (χ0) is 19.1. The van der Waals surface area contributed by atoms with E-state index < -0.39 is 29.1 Å². The predicted molar refractivity (Wildman–Crippen MR) is 88.8 cm³/mol. The summed E-state index contributed by atoms with van der Waals surface area (Å²) in [7, 11) is 0. The molecule has 138 valence electrons. The smallest absolute Gasteiger partial charge is 0.424 e. The summed E-state index contributed by atoms with van der Waals surface area (Å²) < 4.78 is 45.6. The van der Waals surface area contributed by atoms with E-state index in [9.17, 15) is 23.1 Å². The number of carbonyl (C=O) groups is 1. The van der Waals surface area contributed by atoms with E-state index in [1.54, 1.807) is 13.0 Å².